The van der Waals surface area contributed by atoms with Gasteiger partial charge in [-0.05, 0) is 24.6 Å². The summed E-state index contributed by atoms with van der Waals surface area (Å²) in [7, 11) is -3.59. The van der Waals surface area contributed by atoms with Crippen molar-refractivity contribution in [1.82, 2.24) is 9.71 Å². The van der Waals surface area contributed by atoms with Gasteiger partial charge in [0.05, 0.1) is 17.6 Å². The number of nitrogens with one attached hydrogen (secondary N) is 1. The summed E-state index contributed by atoms with van der Waals surface area (Å²) in [4.78, 5) is 4.20. The molecular formula is C14H19N3O3S. The first-order valence-corrected chi connectivity index (χ1v) is 8.19. The van der Waals surface area contributed by atoms with Crippen molar-refractivity contribution in [2.75, 3.05) is 0 Å². The molecule has 0 spiro atoms. The first-order valence-electron chi connectivity index (χ1n) is 6.71. The molecule has 0 aliphatic heterocycles. The summed E-state index contributed by atoms with van der Waals surface area (Å²) in [6.07, 6.45) is 2.32. The number of aryl methyl sites for hydroxylation is 1. The predicted octanol–water partition coefficient (Wildman–Crippen LogP) is 1.74. The molecule has 2 rings (SSSR count). The molecule has 0 fully saturated rings. The van der Waals surface area contributed by atoms with Gasteiger partial charge >= 0.3 is 0 Å². The molecule has 1 unspecified atom stereocenters. The van der Waals surface area contributed by atoms with E-state index in [-0.39, 0.29) is 17.5 Å². The lowest BCUT2D eigenvalue weighted by atomic mass is 10.1. The Morgan fingerprint density at radius 2 is 2.00 bits per heavy atom. The van der Waals surface area contributed by atoms with Gasteiger partial charge in [-0.25, -0.2) is 18.1 Å². The number of nitrogens with zero attached hydrogens (tertiary/aromatic N) is 1. The van der Waals surface area contributed by atoms with E-state index in [9.17, 15) is 8.42 Å². The predicted molar refractivity (Wildman–Crippen MR) is 79.0 cm³/mol. The van der Waals surface area contributed by atoms with Gasteiger partial charge in [0, 0.05) is 12.5 Å². The van der Waals surface area contributed by atoms with E-state index in [1.54, 1.807) is 18.3 Å². The number of rotatable bonds is 6. The van der Waals surface area contributed by atoms with E-state index in [0.717, 1.165) is 17.7 Å². The van der Waals surface area contributed by atoms with E-state index >= 15 is 0 Å². The fraction of sp³-hybridized carbons (Fsp3) is 0.357. The highest BCUT2D eigenvalue weighted by Gasteiger charge is 2.15. The second kappa shape index (κ2) is 6.38. The molecule has 0 aliphatic carbocycles. The van der Waals surface area contributed by atoms with Gasteiger partial charge in [-0.2, -0.15) is 0 Å². The number of benzene rings is 1. The molecule has 0 aliphatic rings. The first kappa shape index (κ1) is 15.7. The van der Waals surface area contributed by atoms with Crippen LogP contribution >= 0.6 is 0 Å². The number of sulfonamides is 1. The summed E-state index contributed by atoms with van der Waals surface area (Å²) in [5, 5.41) is 0. The van der Waals surface area contributed by atoms with Crippen LogP contribution in [0, 0.1) is 0 Å². The largest absolute Gasteiger partial charge is 0.444 e. The first-order chi connectivity index (χ1) is 9.92. The Kier molecular flexibility index (Phi) is 4.76. The highest BCUT2D eigenvalue weighted by Crippen LogP contribution is 2.15. The van der Waals surface area contributed by atoms with Crippen LogP contribution in [0.5, 0.6) is 0 Å². The Hall–Kier alpha value is -1.70. The average Bonchev–Trinajstić information content (AvgIpc) is 2.93. The summed E-state index contributed by atoms with van der Waals surface area (Å²) in [6.45, 7) is 3.81. The molecule has 3 N–H and O–H groups in total. The number of hydrogen-bond acceptors (Lipinski definition) is 5. The molecule has 0 saturated carbocycles. The molecule has 0 bridgehead atoms. The van der Waals surface area contributed by atoms with Gasteiger partial charge in [0.15, 0.2) is 0 Å². The van der Waals surface area contributed by atoms with E-state index in [2.05, 4.69) is 9.71 Å². The second-order valence-electron chi connectivity index (χ2n) is 4.76. The minimum absolute atomic E-state index is 0.0252. The fourth-order valence-corrected chi connectivity index (χ4v) is 2.76. The van der Waals surface area contributed by atoms with E-state index in [4.69, 9.17) is 10.2 Å². The van der Waals surface area contributed by atoms with Gasteiger partial charge in [-0.1, -0.05) is 19.1 Å². The third kappa shape index (κ3) is 3.90. The van der Waals surface area contributed by atoms with Crippen molar-refractivity contribution in [3.63, 3.8) is 0 Å². The van der Waals surface area contributed by atoms with Crippen LogP contribution in [0.2, 0.25) is 0 Å². The van der Waals surface area contributed by atoms with Gasteiger partial charge in [0.2, 0.25) is 15.9 Å². The molecule has 1 atom stereocenters. The monoisotopic (exact) mass is 309 g/mol. The van der Waals surface area contributed by atoms with E-state index in [1.807, 2.05) is 13.8 Å². The topological polar surface area (TPSA) is 98.2 Å². The van der Waals surface area contributed by atoms with Crippen LogP contribution in [-0.4, -0.2) is 13.4 Å². The van der Waals surface area contributed by atoms with E-state index in [1.165, 1.54) is 12.1 Å². The minimum Gasteiger partial charge on any atom is -0.444 e. The minimum atomic E-state index is -3.59. The molecule has 21 heavy (non-hydrogen) atoms. The van der Waals surface area contributed by atoms with Crippen LogP contribution in [-0.2, 0) is 23.0 Å². The maximum atomic E-state index is 12.2. The van der Waals surface area contributed by atoms with Gasteiger partial charge < -0.3 is 10.2 Å². The molecule has 1 aromatic heterocycles. The molecule has 1 aromatic carbocycles. The zero-order valence-electron chi connectivity index (χ0n) is 12.0. The molecule has 0 radical (unpaired) electrons. The lowest BCUT2D eigenvalue weighted by Gasteiger charge is -2.08. The Labute approximate surface area is 124 Å². The summed E-state index contributed by atoms with van der Waals surface area (Å²) in [5.41, 5.74) is 6.62. The highest BCUT2D eigenvalue weighted by atomic mass is 32.2. The Morgan fingerprint density at radius 1 is 1.33 bits per heavy atom. The normalized spacial score (nSPS) is 13.3. The molecule has 6 nitrogen and oxygen atoms in total. The maximum absolute atomic E-state index is 12.2. The quantitative estimate of drug-likeness (QED) is 0.847. The second-order valence-corrected chi connectivity index (χ2v) is 6.52. The molecule has 114 valence electrons. The molecule has 1 heterocycles. The molecule has 7 heteroatoms. The molecule has 0 saturated heterocycles. The lowest BCUT2D eigenvalue weighted by Crippen LogP contribution is -2.23. The van der Waals surface area contributed by atoms with Gasteiger partial charge in [0.25, 0.3) is 0 Å². The number of aromatic nitrogens is 1. The van der Waals surface area contributed by atoms with Crippen molar-refractivity contribution in [3.8, 4) is 0 Å². The Balaban J connectivity index is 2.07. The smallest absolute Gasteiger partial charge is 0.241 e. The molecular weight excluding hydrogens is 290 g/mol. The van der Waals surface area contributed by atoms with Crippen molar-refractivity contribution in [1.29, 1.82) is 0 Å². The molecule has 0 amide bonds. The third-order valence-electron chi connectivity index (χ3n) is 3.08. The maximum Gasteiger partial charge on any atom is 0.241 e. The summed E-state index contributed by atoms with van der Waals surface area (Å²) >= 11 is 0. The van der Waals surface area contributed by atoms with Crippen LogP contribution in [0.4, 0.5) is 0 Å². The van der Waals surface area contributed by atoms with Crippen LogP contribution in [0.15, 0.2) is 39.8 Å². The van der Waals surface area contributed by atoms with Crippen molar-refractivity contribution < 1.29 is 12.8 Å². The fourth-order valence-electron chi connectivity index (χ4n) is 1.78. The number of oxazole rings is 1. The summed E-state index contributed by atoms with van der Waals surface area (Å²) in [5.74, 6) is 1.08. The summed E-state index contributed by atoms with van der Waals surface area (Å²) in [6, 6.07) is 6.36. The molecule has 2 aromatic rings. The van der Waals surface area contributed by atoms with E-state index in [0.29, 0.717) is 5.89 Å². The van der Waals surface area contributed by atoms with Crippen molar-refractivity contribution in [2.24, 2.45) is 5.73 Å². The summed E-state index contributed by atoms with van der Waals surface area (Å²) < 4.78 is 32.1. The zero-order valence-corrected chi connectivity index (χ0v) is 12.9. The standard InChI is InChI=1S/C14H19N3O3S/c1-3-12-8-16-14(20-12)9-17-21(18,19)13-6-4-11(5-7-13)10(2)15/h4-8,10,17H,3,9,15H2,1-2H3. The SMILES string of the molecule is CCc1cnc(CNS(=O)(=O)c2ccc(C(C)N)cc2)o1. The van der Waals surface area contributed by atoms with Crippen LogP contribution in [0.1, 0.15) is 37.1 Å². The van der Waals surface area contributed by atoms with Crippen LogP contribution in [0.25, 0.3) is 0 Å². The third-order valence-corrected chi connectivity index (χ3v) is 4.50. The van der Waals surface area contributed by atoms with Crippen molar-refractivity contribution in [3.05, 3.63) is 47.7 Å². The number of hydrogen-bond donors (Lipinski definition) is 2. The van der Waals surface area contributed by atoms with Gasteiger partial charge in [0.1, 0.15) is 5.76 Å². The highest BCUT2D eigenvalue weighted by molar-refractivity contribution is 7.89. The number of nitrogens with two attached hydrogens (primary N) is 1. The lowest BCUT2D eigenvalue weighted by molar-refractivity contribution is 0.452. The Morgan fingerprint density at radius 3 is 2.52 bits per heavy atom. The van der Waals surface area contributed by atoms with Crippen LogP contribution < -0.4 is 10.5 Å². The van der Waals surface area contributed by atoms with Crippen molar-refractivity contribution >= 4 is 10.0 Å². The van der Waals surface area contributed by atoms with E-state index < -0.39 is 10.0 Å². The van der Waals surface area contributed by atoms with Gasteiger partial charge in [-0.3, -0.25) is 0 Å². The zero-order chi connectivity index (χ0) is 15.5. The van der Waals surface area contributed by atoms with Gasteiger partial charge in [-0.15, -0.1) is 0 Å². The van der Waals surface area contributed by atoms with Crippen LogP contribution in [0.3, 0.4) is 0 Å². The average molecular weight is 309 g/mol. The van der Waals surface area contributed by atoms with Crippen molar-refractivity contribution in [2.45, 2.75) is 37.8 Å². The Bertz CT molecular complexity index is 691.